The van der Waals surface area contributed by atoms with Crippen LogP contribution in [0, 0.1) is 5.92 Å². The van der Waals surface area contributed by atoms with Crippen LogP contribution in [-0.2, 0) is 16.6 Å². The molecule has 1 aromatic heterocycles. The van der Waals surface area contributed by atoms with Gasteiger partial charge in [0, 0.05) is 18.7 Å². The number of carbonyl (C=O) groups excluding carboxylic acids is 1. The molecule has 0 radical (unpaired) electrons. The van der Waals surface area contributed by atoms with Gasteiger partial charge in [0.2, 0.25) is 0 Å². The zero-order valence-corrected chi connectivity index (χ0v) is 9.01. The number of carboxylic acid groups (broad SMARTS) is 1. The molecule has 0 bridgehead atoms. The number of aliphatic carboxylic acids is 1. The zero-order valence-electron chi connectivity index (χ0n) is 9.01. The molecule has 1 fully saturated rings. The van der Waals surface area contributed by atoms with Gasteiger partial charge in [-0.25, -0.2) is 4.79 Å². The standard InChI is InChI=1S/C10H12N2O4/c1-12-8(5-3-6(5)9(13)14)4-7(11-12)10(15)16-2/h4-6H,3H2,1-2H3,(H,13,14)/t5-,6-/m1/s1. The molecule has 0 aromatic carbocycles. The molecule has 1 heterocycles. The molecule has 86 valence electrons. The van der Waals surface area contributed by atoms with E-state index in [0.29, 0.717) is 6.42 Å². The second kappa shape index (κ2) is 3.62. The molecule has 6 nitrogen and oxygen atoms in total. The number of ether oxygens (including phenoxy) is 1. The van der Waals surface area contributed by atoms with Gasteiger partial charge in [-0.2, -0.15) is 5.10 Å². The lowest BCUT2D eigenvalue weighted by molar-refractivity contribution is -0.138. The highest BCUT2D eigenvalue weighted by molar-refractivity contribution is 5.87. The maximum absolute atomic E-state index is 11.2. The summed E-state index contributed by atoms with van der Waals surface area (Å²) in [5, 5.41) is 12.8. The Bertz CT molecular complexity index is 452. The molecule has 1 aliphatic rings. The maximum atomic E-state index is 11.2. The Morgan fingerprint density at radius 3 is 2.81 bits per heavy atom. The number of carbonyl (C=O) groups is 2. The van der Waals surface area contributed by atoms with E-state index < -0.39 is 11.9 Å². The first-order chi connectivity index (χ1) is 7.54. The van der Waals surface area contributed by atoms with E-state index >= 15 is 0 Å². The number of carboxylic acids is 1. The molecule has 1 saturated carbocycles. The van der Waals surface area contributed by atoms with Crippen molar-refractivity contribution in [2.45, 2.75) is 12.3 Å². The lowest BCUT2D eigenvalue weighted by Gasteiger charge is -1.97. The second-order valence-corrected chi connectivity index (χ2v) is 3.86. The molecule has 6 heteroatoms. The van der Waals surface area contributed by atoms with Crippen LogP contribution in [0.3, 0.4) is 0 Å². The van der Waals surface area contributed by atoms with Gasteiger partial charge in [-0.15, -0.1) is 0 Å². The summed E-state index contributed by atoms with van der Waals surface area (Å²) < 4.78 is 6.09. The molecule has 0 aliphatic heterocycles. The summed E-state index contributed by atoms with van der Waals surface area (Å²) >= 11 is 0. The van der Waals surface area contributed by atoms with E-state index in [9.17, 15) is 9.59 Å². The SMILES string of the molecule is COC(=O)c1cc([C@@H]2C[C@H]2C(=O)O)n(C)n1. The smallest absolute Gasteiger partial charge is 0.358 e. The molecule has 0 amide bonds. The van der Waals surface area contributed by atoms with Crippen LogP contribution < -0.4 is 0 Å². The lowest BCUT2D eigenvalue weighted by atomic mass is 10.2. The normalized spacial score (nSPS) is 22.9. The predicted octanol–water partition coefficient (Wildman–Crippen LogP) is 0.395. The van der Waals surface area contributed by atoms with Crippen LogP contribution in [0.1, 0.15) is 28.5 Å². The Morgan fingerprint density at radius 1 is 1.62 bits per heavy atom. The van der Waals surface area contributed by atoms with Crippen molar-refractivity contribution < 1.29 is 19.4 Å². The summed E-state index contributed by atoms with van der Waals surface area (Å²) in [7, 11) is 2.98. The van der Waals surface area contributed by atoms with Crippen LogP contribution in [0.5, 0.6) is 0 Å². The van der Waals surface area contributed by atoms with Gasteiger partial charge in [0.15, 0.2) is 5.69 Å². The van der Waals surface area contributed by atoms with Gasteiger partial charge in [-0.3, -0.25) is 9.48 Å². The summed E-state index contributed by atoms with van der Waals surface area (Å²) in [5.41, 5.74) is 0.990. The van der Waals surface area contributed by atoms with Crippen LogP contribution in [0.25, 0.3) is 0 Å². The van der Waals surface area contributed by atoms with Crippen LogP contribution in [0.4, 0.5) is 0 Å². The maximum Gasteiger partial charge on any atom is 0.358 e. The molecular formula is C10H12N2O4. The molecule has 1 N–H and O–H groups in total. The molecule has 16 heavy (non-hydrogen) atoms. The predicted molar refractivity (Wildman–Crippen MR) is 53.0 cm³/mol. The Hall–Kier alpha value is -1.85. The van der Waals surface area contributed by atoms with E-state index in [1.54, 1.807) is 17.8 Å². The minimum atomic E-state index is -0.800. The van der Waals surface area contributed by atoms with Crippen molar-refractivity contribution in [3.05, 3.63) is 17.5 Å². The average Bonchev–Trinajstić information content (AvgIpc) is 2.95. The fourth-order valence-electron chi connectivity index (χ4n) is 1.83. The quantitative estimate of drug-likeness (QED) is 0.751. The monoisotopic (exact) mass is 224 g/mol. The summed E-state index contributed by atoms with van der Waals surface area (Å²) in [6, 6.07) is 1.60. The van der Waals surface area contributed by atoms with E-state index in [0.717, 1.165) is 5.69 Å². The largest absolute Gasteiger partial charge is 0.481 e. The third kappa shape index (κ3) is 1.66. The van der Waals surface area contributed by atoms with Crippen molar-refractivity contribution in [3.8, 4) is 0 Å². The number of methoxy groups -OCH3 is 1. The average molecular weight is 224 g/mol. The van der Waals surface area contributed by atoms with E-state index in [2.05, 4.69) is 9.84 Å². The molecule has 2 rings (SSSR count). The molecule has 1 aliphatic carbocycles. The summed E-state index contributed by atoms with van der Waals surface area (Å²) in [4.78, 5) is 22.0. The Morgan fingerprint density at radius 2 is 2.31 bits per heavy atom. The molecule has 1 aromatic rings. The number of hydrogen-bond acceptors (Lipinski definition) is 4. The van der Waals surface area contributed by atoms with Crippen molar-refractivity contribution in [2.75, 3.05) is 7.11 Å². The van der Waals surface area contributed by atoms with E-state index in [1.807, 2.05) is 0 Å². The Labute approximate surface area is 91.8 Å². The van der Waals surface area contributed by atoms with Crippen LogP contribution in [0.2, 0.25) is 0 Å². The van der Waals surface area contributed by atoms with Gasteiger partial charge in [-0.1, -0.05) is 0 Å². The first-order valence-corrected chi connectivity index (χ1v) is 4.89. The number of nitrogens with zero attached hydrogens (tertiary/aromatic N) is 2. The Balaban J connectivity index is 2.21. The molecule has 0 saturated heterocycles. The Kier molecular flexibility index (Phi) is 2.41. The highest BCUT2D eigenvalue weighted by Crippen LogP contribution is 2.47. The number of esters is 1. The number of aryl methyl sites for hydroxylation is 1. The van der Waals surface area contributed by atoms with Crippen molar-refractivity contribution in [3.63, 3.8) is 0 Å². The number of rotatable bonds is 3. The molecule has 0 spiro atoms. The van der Waals surface area contributed by atoms with Crippen molar-refractivity contribution in [2.24, 2.45) is 13.0 Å². The van der Waals surface area contributed by atoms with Crippen LogP contribution >= 0.6 is 0 Å². The number of aromatic nitrogens is 2. The van der Waals surface area contributed by atoms with Gasteiger partial charge < -0.3 is 9.84 Å². The minimum Gasteiger partial charge on any atom is -0.481 e. The van der Waals surface area contributed by atoms with Crippen molar-refractivity contribution in [1.82, 2.24) is 9.78 Å². The van der Waals surface area contributed by atoms with Crippen LogP contribution in [0.15, 0.2) is 6.07 Å². The zero-order chi connectivity index (χ0) is 11.9. The molecular weight excluding hydrogens is 212 g/mol. The fraction of sp³-hybridized carbons (Fsp3) is 0.500. The van der Waals surface area contributed by atoms with Gasteiger partial charge in [0.05, 0.1) is 13.0 Å². The summed E-state index contributed by atoms with van der Waals surface area (Å²) in [5.74, 6) is -1.69. The third-order valence-corrected chi connectivity index (χ3v) is 2.80. The van der Waals surface area contributed by atoms with E-state index in [-0.39, 0.29) is 17.5 Å². The first-order valence-electron chi connectivity index (χ1n) is 4.89. The van der Waals surface area contributed by atoms with Gasteiger partial charge in [0.1, 0.15) is 0 Å². The number of hydrogen-bond donors (Lipinski definition) is 1. The van der Waals surface area contributed by atoms with Crippen LogP contribution in [-0.4, -0.2) is 33.9 Å². The second-order valence-electron chi connectivity index (χ2n) is 3.86. The fourth-order valence-corrected chi connectivity index (χ4v) is 1.83. The topological polar surface area (TPSA) is 81.4 Å². The van der Waals surface area contributed by atoms with E-state index in [4.69, 9.17) is 5.11 Å². The van der Waals surface area contributed by atoms with Gasteiger partial charge in [-0.05, 0) is 12.5 Å². The first kappa shape index (κ1) is 10.7. The van der Waals surface area contributed by atoms with Gasteiger partial charge in [0.25, 0.3) is 0 Å². The summed E-state index contributed by atoms with van der Waals surface area (Å²) in [6.45, 7) is 0. The summed E-state index contributed by atoms with van der Waals surface area (Å²) in [6.07, 6.45) is 0.607. The van der Waals surface area contributed by atoms with Crippen molar-refractivity contribution >= 4 is 11.9 Å². The van der Waals surface area contributed by atoms with Gasteiger partial charge >= 0.3 is 11.9 Å². The van der Waals surface area contributed by atoms with E-state index in [1.165, 1.54) is 7.11 Å². The third-order valence-electron chi connectivity index (χ3n) is 2.80. The highest BCUT2D eigenvalue weighted by Gasteiger charge is 2.46. The molecule has 0 unspecified atom stereocenters. The lowest BCUT2D eigenvalue weighted by Crippen LogP contribution is -2.04. The molecule has 2 atom stereocenters. The minimum absolute atomic E-state index is 0.0339. The van der Waals surface area contributed by atoms with Crippen molar-refractivity contribution in [1.29, 1.82) is 0 Å². The highest BCUT2D eigenvalue weighted by atomic mass is 16.5.